The van der Waals surface area contributed by atoms with Crippen molar-refractivity contribution in [3.05, 3.63) is 76.2 Å². The van der Waals surface area contributed by atoms with Crippen molar-refractivity contribution in [2.45, 2.75) is 20.0 Å². The lowest BCUT2D eigenvalue weighted by atomic mass is 10.1. The number of carboxylic acid groups (broad SMARTS) is 1. The second-order valence-corrected chi connectivity index (χ2v) is 10.0. The average molecular weight is 400 g/mol. The van der Waals surface area contributed by atoms with Gasteiger partial charge in [0.1, 0.15) is 4.88 Å². The summed E-state index contributed by atoms with van der Waals surface area (Å²) >= 11 is 1.20. The van der Waals surface area contributed by atoms with Crippen LogP contribution in [-0.2, 0) is 15.3 Å². The van der Waals surface area contributed by atoms with Gasteiger partial charge in [0.2, 0.25) is 7.37 Å². The molecule has 0 bridgehead atoms. The molecule has 6 heteroatoms. The lowest BCUT2D eigenvalue weighted by molar-refractivity contribution is 0.0701. The Morgan fingerprint density at radius 1 is 1.11 bits per heavy atom. The van der Waals surface area contributed by atoms with Gasteiger partial charge in [-0.05, 0) is 42.7 Å². The van der Waals surface area contributed by atoms with Gasteiger partial charge in [0, 0.05) is 17.3 Å². The van der Waals surface area contributed by atoms with Crippen LogP contribution in [0.15, 0.2) is 54.6 Å². The van der Waals surface area contributed by atoms with Gasteiger partial charge in [-0.25, -0.2) is 4.79 Å². The van der Waals surface area contributed by atoms with Crippen molar-refractivity contribution in [2.75, 3.05) is 7.11 Å². The van der Waals surface area contributed by atoms with Crippen molar-refractivity contribution < 1.29 is 19.0 Å². The molecule has 0 aliphatic carbocycles. The van der Waals surface area contributed by atoms with Crippen molar-refractivity contribution in [3.63, 3.8) is 0 Å². The number of carbonyl (C=O) groups is 1. The standard InChI is InChI=1S/C21H21O4PS/c1-14-9-10-18(15(2)11-14)26(24,25-3)13-17-12-19(27-20(17)21(22)23)16-7-5-4-6-8-16/h4-12H,13H2,1-3H3,(H,22,23). The largest absolute Gasteiger partial charge is 0.477 e. The highest BCUT2D eigenvalue weighted by Gasteiger charge is 2.30. The van der Waals surface area contributed by atoms with E-state index in [4.69, 9.17) is 4.52 Å². The summed E-state index contributed by atoms with van der Waals surface area (Å²) in [4.78, 5) is 12.8. The third-order valence-corrected chi connectivity index (χ3v) is 8.25. The number of thiophene rings is 1. The molecule has 1 unspecified atom stereocenters. The van der Waals surface area contributed by atoms with Crippen molar-refractivity contribution >= 4 is 30.0 Å². The molecule has 0 saturated carbocycles. The minimum atomic E-state index is -3.23. The zero-order chi connectivity index (χ0) is 19.6. The number of benzene rings is 2. The molecule has 0 aliphatic rings. The SMILES string of the molecule is COP(=O)(Cc1cc(-c2ccccc2)sc1C(=O)O)c1ccc(C)cc1C. The van der Waals surface area contributed by atoms with Crippen LogP contribution in [0.5, 0.6) is 0 Å². The van der Waals surface area contributed by atoms with E-state index in [-0.39, 0.29) is 11.0 Å². The van der Waals surface area contributed by atoms with E-state index >= 15 is 0 Å². The lowest BCUT2D eigenvalue weighted by Gasteiger charge is -2.19. The van der Waals surface area contributed by atoms with Crippen molar-refractivity contribution in [2.24, 2.45) is 0 Å². The first kappa shape index (κ1) is 19.6. The van der Waals surface area contributed by atoms with Crippen LogP contribution in [0, 0.1) is 13.8 Å². The number of hydrogen-bond donors (Lipinski definition) is 1. The highest BCUT2D eigenvalue weighted by Crippen LogP contribution is 2.51. The van der Waals surface area contributed by atoms with Crippen molar-refractivity contribution in [1.29, 1.82) is 0 Å². The summed E-state index contributed by atoms with van der Waals surface area (Å²) in [5.41, 5.74) is 3.44. The molecule has 0 fully saturated rings. The van der Waals surface area contributed by atoms with E-state index in [1.165, 1.54) is 18.4 Å². The maximum atomic E-state index is 13.6. The van der Waals surface area contributed by atoms with Crippen molar-refractivity contribution in [3.8, 4) is 10.4 Å². The third-order valence-electron chi connectivity index (χ3n) is 4.45. The first-order valence-electron chi connectivity index (χ1n) is 8.48. The number of aryl methyl sites for hydroxylation is 2. The second kappa shape index (κ2) is 7.81. The molecule has 3 aromatic rings. The Kier molecular flexibility index (Phi) is 5.66. The Bertz CT molecular complexity index is 1020. The highest BCUT2D eigenvalue weighted by molar-refractivity contribution is 7.66. The van der Waals surface area contributed by atoms with Gasteiger partial charge in [0.05, 0.1) is 6.16 Å². The first-order valence-corrected chi connectivity index (χ1v) is 11.1. The molecule has 0 saturated heterocycles. The molecule has 2 aromatic carbocycles. The van der Waals surface area contributed by atoms with Crippen LogP contribution in [0.3, 0.4) is 0 Å². The second-order valence-electron chi connectivity index (χ2n) is 6.44. The van der Waals surface area contributed by atoms with Crippen LogP contribution in [0.2, 0.25) is 0 Å². The van der Waals surface area contributed by atoms with Gasteiger partial charge in [0.25, 0.3) is 0 Å². The predicted octanol–water partition coefficient (Wildman–Crippen LogP) is 5.48. The van der Waals surface area contributed by atoms with Gasteiger partial charge in [0.15, 0.2) is 0 Å². The molecule has 0 amide bonds. The monoisotopic (exact) mass is 400 g/mol. The van der Waals surface area contributed by atoms with Gasteiger partial charge in [-0.3, -0.25) is 4.57 Å². The minimum Gasteiger partial charge on any atom is -0.477 e. The van der Waals surface area contributed by atoms with Crippen LogP contribution in [-0.4, -0.2) is 18.2 Å². The molecule has 1 aromatic heterocycles. The Hall–Kier alpha value is -2.20. The molecule has 0 spiro atoms. The maximum absolute atomic E-state index is 13.6. The zero-order valence-electron chi connectivity index (χ0n) is 15.4. The normalized spacial score (nSPS) is 13.3. The lowest BCUT2D eigenvalue weighted by Crippen LogP contribution is -2.13. The molecule has 4 nitrogen and oxygen atoms in total. The summed E-state index contributed by atoms with van der Waals surface area (Å²) < 4.78 is 19.1. The van der Waals surface area contributed by atoms with E-state index in [9.17, 15) is 14.5 Å². The molecule has 1 heterocycles. The molecule has 1 atom stereocenters. The average Bonchev–Trinajstić information content (AvgIpc) is 3.06. The summed E-state index contributed by atoms with van der Waals surface area (Å²) in [5.74, 6) is -1.01. The smallest absolute Gasteiger partial charge is 0.346 e. The minimum absolute atomic E-state index is 0.0539. The summed E-state index contributed by atoms with van der Waals surface area (Å²) in [5, 5.41) is 10.3. The van der Waals surface area contributed by atoms with Crippen LogP contribution in [0.4, 0.5) is 0 Å². The Morgan fingerprint density at radius 2 is 1.81 bits per heavy atom. The number of hydrogen-bond acceptors (Lipinski definition) is 4. The molecular weight excluding hydrogens is 379 g/mol. The molecule has 1 N–H and O–H groups in total. The highest BCUT2D eigenvalue weighted by atomic mass is 32.1. The molecule has 0 aliphatic heterocycles. The fraction of sp³-hybridized carbons (Fsp3) is 0.190. The van der Waals surface area contributed by atoms with E-state index in [0.717, 1.165) is 21.6 Å². The van der Waals surface area contributed by atoms with Gasteiger partial charge in [-0.2, -0.15) is 0 Å². The van der Waals surface area contributed by atoms with Crippen LogP contribution >= 0.6 is 18.7 Å². The van der Waals surface area contributed by atoms with E-state index in [1.54, 1.807) is 0 Å². The van der Waals surface area contributed by atoms with Gasteiger partial charge >= 0.3 is 5.97 Å². The Morgan fingerprint density at radius 3 is 2.41 bits per heavy atom. The third kappa shape index (κ3) is 4.06. The van der Waals surface area contributed by atoms with E-state index < -0.39 is 13.3 Å². The first-order chi connectivity index (χ1) is 12.8. The Balaban J connectivity index is 2.06. The molecule has 140 valence electrons. The van der Waals surface area contributed by atoms with Crippen LogP contribution in [0.1, 0.15) is 26.4 Å². The van der Waals surface area contributed by atoms with Crippen LogP contribution in [0.25, 0.3) is 10.4 Å². The number of rotatable bonds is 6. The molecule has 0 radical (unpaired) electrons. The maximum Gasteiger partial charge on any atom is 0.346 e. The molecule has 3 rings (SSSR count). The Labute approximate surface area is 162 Å². The molecule has 27 heavy (non-hydrogen) atoms. The van der Waals surface area contributed by atoms with Gasteiger partial charge < -0.3 is 9.63 Å². The number of aromatic carboxylic acids is 1. The van der Waals surface area contributed by atoms with Gasteiger partial charge in [-0.1, -0.05) is 48.0 Å². The fourth-order valence-electron chi connectivity index (χ4n) is 3.13. The zero-order valence-corrected chi connectivity index (χ0v) is 17.1. The van der Waals surface area contributed by atoms with E-state index in [1.807, 2.05) is 68.4 Å². The van der Waals surface area contributed by atoms with Crippen molar-refractivity contribution in [1.82, 2.24) is 0 Å². The van der Waals surface area contributed by atoms with E-state index in [2.05, 4.69) is 0 Å². The summed E-state index contributed by atoms with van der Waals surface area (Å²) in [6, 6.07) is 17.1. The molecular formula is C21H21O4PS. The summed E-state index contributed by atoms with van der Waals surface area (Å²) in [6.07, 6.45) is 0.0539. The topological polar surface area (TPSA) is 63.6 Å². The van der Waals surface area contributed by atoms with E-state index in [0.29, 0.717) is 10.9 Å². The van der Waals surface area contributed by atoms with Crippen LogP contribution < -0.4 is 5.30 Å². The summed E-state index contributed by atoms with van der Waals surface area (Å²) in [7, 11) is -1.81. The quantitative estimate of drug-likeness (QED) is 0.557. The van der Waals surface area contributed by atoms with Gasteiger partial charge in [-0.15, -0.1) is 11.3 Å². The summed E-state index contributed by atoms with van der Waals surface area (Å²) in [6.45, 7) is 3.87. The fourth-order valence-corrected chi connectivity index (χ4v) is 6.36. The predicted molar refractivity (Wildman–Crippen MR) is 111 cm³/mol. The number of carboxylic acids is 1.